The van der Waals surface area contributed by atoms with E-state index < -0.39 is 22.5 Å². The predicted molar refractivity (Wildman–Crippen MR) is 68.1 cm³/mol. The van der Waals surface area contributed by atoms with Gasteiger partial charge in [-0.15, -0.1) is 0 Å². The highest BCUT2D eigenvalue weighted by molar-refractivity contribution is 5.80. The van der Waals surface area contributed by atoms with Crippen LogP contribution in [0.2, 0.25) is 0 Å². The maximum Gasteiger partial charge on any atom is 0.304 e. The van der Waals surface area contributed by atoms with Gasteiger partial charge in [-0.1, -0.05) is 6.07 Å². The first kappa shape index (κ1) is 15.0. The van der Waals surface area contributed by atoms with Crippen molar-refractivity contribution in [2.45, 2.75) is 19.5 Å². The zero-order valence-electron chi connectivity index (χ0n) is 11.0. The molecule has 0 aromatic heterocycles. The van der Waals surface area contributed by atoms with Gasteiger partial charge in [-0.05, 0) is 18.6 Å². The molecule has 6 nitrogen and oxygen atoms in total. The van der Waals surface area contributed by atoms with Crippen molar-refractivity contribution < 1.29 is 14.1 Å². The van der Waals surface area contributed by atoms with Gasteiger partial charge in [0.05, 0.1) is 11.0 Å². The summed E-state index contributed by atoms with van der Waals surface area (Å²) in [5.74, 6) is -0.974. The Morgan fingerprint density at radius 3 is 2.63 bits per heavy atom. The number of likely N-dealkylation sites (N-methyl/N-ethyl adjacent to an activating group) is 1. The molecule has 104 valence electrons. The van der Waals surface area contributed by atoms with Crippen LogP contribution in [0.1, 0.15) is 12.5 Å². The number of nitro groups is 1. The van der Waals surface area contributed by atoms with Crippen molar-refractivity contribution in [2.24, 2.45) is 0 Å². The Morgan fingerprint density at radius 1 is 1.53 bits per heavy atom. The largest absolute Gasteiger partial charge is 0.347 e. The monoisotopic (exact) mass is 269 g/mol. The fourth-order valence-corrected chi connectivity index (χ4v) is 1.55. The molecule has 1 unspecified atom stereocenters. The Hall–Kier alpha value is -2.02. The van der Waals surface area contributed by atoms with E-state index in [0.29, 0.717) is 5.56 Å². The molecule has 0 radical (unpaired) electrons. The molecule has 1 aromatic carbocycles. The number of hydrogen-bond donors (Lipinski definition) is 1. The van der Waals surface area contributed by atoms with Crippen molar-refractivity contribution in [3.05, 3.63) is 39.7 Å². The number of halogens is 1. The van der Waals surface area contributed by atoms with Crippen LogP contribution in [-0.4, -0.2) is 35.9 Å². The Balaban J connectivity index is 2.67. The number of hydrogen-bond acceptors (Lipinski definition) is 4. The lowest BCUT2D eigenvalue weighted by atomic mass is 10.2. The minimum atomic E-state index is -0.879. The summed E-state index contributed by atoms with van der Waals surface area (Å²) in [5, 5.41) is 13.4. The van der Waals surface area contributed by atoms with Gasteiger partial charge in [-0.25, -0.2) is 0 Å². The van der Waals surface area contributed by atoms with E-state index in [9.17, 15) is 19.3 Å². The Kier molecular flexibility index (Phi) is 4.94. The molecule has 1 atom stereocenters. The average Bonchev–Trinajstić information content (AvgIpc) is 2.34. The lowest BCUT2D eigenvalue weighted by Crippen LogP contribution is -2.41. The molecular formula is C12H16FN3O3. The summed E-state index contributed by atoms with van der Waals surface area (Å²) in [4.78, 5) is 22.7. The zero-order valence-corrected chi connectivity index (χ0v) is 11.0. The molecule has 0 heterocycles. The van der Waals surface area contributed by atoms with Gasteiger partial charge < -0.3 is 10.2 Å². The van der Waals surface area contributed by atoms with Gasteiger partial charge in [0.2, 0.25) is 11.7 Å². The number of nitrogens with one attached hydrogen (secondary N) is 1. The number of carbonyl (C=O) groups is 1. The maximum atomic E-state index is 13.4. The smallest absolute Gasteiger partial charge is 0.304 e. The summed E-state index contributed by atoms with van der Waals surface area (Å²) in [5.41, 5.74) is -0.0114. The van der Waals surface area contributed by atoms with E-state index in [1.165, 1.54) is 11.0 Å². The van der Waals surface area contributed by atoms with Crippen molar-refractivity contribution in [1.82, 2.24) is 10.2 Å². The highest BCUT2D eigenvalue weighted by Gasteiger charge is 2.16. The van der Waals surface area contributed by atoms with E-state index in [1.807, 2.05) is 0 Å². The Morgan fingerprint density at radius 2 is 2.16 bits per heavy atom. The van der Waals surface area contributed by atoms with E-state index in [0.717, 1.165) is 12.1 Å². The number of carbonyl (C=O) groups excluding carboxylic acids is 1. The van der Waals surface area contributed by atoms with Gasteiger partial charge in [0, 0.05) is 26.7 Å². The fraction of sp³-hybridized carbons (Fsp3) is 0.417. The number of nitrogens with zero attached hydrogens (tertiary/aromatic N) is 2. The van der Waals surface area contributed by atoms with Crippen LogP contribution in [0.15, 0.2) is 18.2 Å². The summed E-state index contributed by atoms with van der Waals surface area (Å²) in [7, 11) is 3.29. The third-order valence-corrected chi connectivity index (χ3v) is 2.63. The molecule has 0 aliphatic rings. The van der Waals surface area contributed by atoms with Crippen LogP contribution in [0.5, 0.6) is 0 Å². The van der Waals surface area contributed by atoms with E-state index in [1.54, 1.807) is 21.0 Å². The van der Waals surface area contributed by atoms with Crippen molar-refractivity contribution >= 4 is 11.6 Å². The molecular weight excluding hydrogens is 253 g/mol. The van der Waals surface area contributed by atoms with Crippen LogP contribution in [0.25, 0.3) is 0 Å². The van der Waals surface area contributed by atoms with Gasteiger partial charge in [0.25, 0.3) is 0 Å². The molecule has 0 fully saturated rings. The minimum Gasteiger partial charge on any atom is -0.347 e. The Bertz CT molecular complexity index is 491. The molecule has 0 saturated carbocycles. The lowest BCUT2D eigenvalue weighted by Gasteiger charge is -2.18. The van der Waals surface area contributed by atoms with Crippen LogP contribution in [-0.2, 0) is 11.3 Å². The molecule has 7 heteroatoms. The predicted octanol–water partition coefficient (Wildman–Crippen LogP) is 1.30. The summed E-state index contributed by atoms with van der Waals surface area (Å²) in [6.45, 7) is 1.96. The molecule has 1 aromatic rings. The second-order valence-corrected chi connectivity index (χ2v) is 4.38. The third kappa shape index (κ3) is 3.99. The van der Waals surface area contributed by atoms with Crippen LogP contribution >= 0.6 is 0 Å². The summed E-state index contributed by atoms with van der Waals surface area (Å²) >= 11 is 0. The first-order valence-electron chi connectivity index (χ1n) is 5.70. The third-order valence-electron chi connectivity index (χ3n) is 2.63. The SMILES string of the molecule is CC(NCc1ccc([N+](=O)[O-])c(F)c1)C(=O)N(C)C. The van der Waals surface area contributed by atoms with Crippen molar-refractivity contribution in [3.8, 4) is 0 Å². The molecule has 19 heavy (non-hydrogen) atoms. The highest BCUT2D eigenvalue weighted by atomic mass is 19.1. The first-order valence-corrected chi connectivity index (χ1v) is 5.70. The van der Waals surface area contributed by atoms with Crippen LogP contribution in [0.4, 0.5) is 10.1 Å². The van der Waals surface area contributed by atoms with Gasteiger partial charge in [-0.2, -0.15) is 4.39 Å². The van der Waals surface area contributed by atoms with Gasteiger partial charge >= 0.3 is 5.69 Å². The minimum absolute atomic E-state index is 0.0950. The van der Waals surface area contributed by atoms with E-state index in [-0.39, 0.29) is 12.5 Å². The molecule has 1 rings (SSSR count). The van der Waals surface area contributed by atoms with Crippen LogP contribution in [0.3, 0.4) is 0 Å². The zero-order chi connectivity index (χ0) is 14.6. The normalized spacial score (nSPS) is 12.0. The second kappa shape index (κ2) is 6.24. The molecule has 1 N–H and O–H groups in total. The lowest BCUT2D eigenvalue weighted by molar-refractivity contribution is -0.387. The van der Waals surface area contributed by atoms with Gasteiger partial charge in [0.1, 0.15) is 0 Å². The number of rotatable bonds is 5. The molecule has 0 aliphatic carbocycles. The fourth-order valence-electron chi connectivity index (χ4n) is 1.55. The number of benzene rings is 1. The number of nitro benzene ring substituents is 1. The maximum absolute atomic E-state index is 13.4. The van der Waals surface area contributed by atoms with Crippen LogP contribution < -0.4 is 5.32 Å². The standard InChI is InChI=1S/C12H16FN3O3/c1-8(12(17)15(2)3)14-7-9-4-5-11(16(18)19)10(13)6-9/h4-6,8,14H,7H2,1-3H3. The second-order valence-electron chi connectivity index (χ2n) is 4.38. The molecule has 0 bridgehead atoms. The molecule has 1 amide bonds. The first-order chi connectivity index (χ1) is 8.82. The Labute approximate surface area is 110 Å². The summed E-state index contributed by atoms with van der Waals surface area (Å²) in [6.07, 6.45) is 0. The highest BCUT2D eigenvalue weighted by Crippen LogP contribution is 2.17. The van der Waals surface area contributed by atoms with E-state index >= 15 is 0 Å². The summed E-state index contributed by atoms with van der Waals surface area (Å²) in [6, 6.07) is 3.26. The summed E-state index contributed by atoms with van der Waals surface area (Å²) < 4.78 is 13.4. The molecule has 0 aliphatic heterocycles. The topological polar surface area (TPSA) is 75.5 Å². The average molecular weight is 269 g/mol. The number of amides is 1. The molecule has 0 spiro atoms. The van der Waals surface area contributed by atoms with Crippen molar-refractivity contribution in [2.75, 3.05) is 14.1 Å². The van der Waals surface area contributed by atoms with Crippen molar-refractivity contribution in [1.29, 1.82) is 0 Å². The van der Waals surface area contributed by atoms with Gasteiger partial charge in [-0.3, -0.25) is 14.9 Å². The van der Waals surface area contributed by atoms with E-state index in [4.69, 9.17) is 0 Å². The van der Waals surface area contributed by atoms with Crippen molar-refractivity contribution in [3.63, 3.8) is 0 Å². The quantitative estimate of drug-likeness (QED) is 0.645. The molecule has 0 saturated heterocycles. The van der Waals surface area contributed by atoms with E-state index in [2.05, 4.69) is 5.32 Å². The van der Waals surface area contributed by atoms with Crippen LogP contribution in [0, 0.1) is 15.9 Å². The van der Waals surface area contributed by atoms with Gasteiger partial charge in [0.15, 0.2) is 0 Å².